The van der Waals surface area contributed by atoms with E-state index in [0.717, 1.165) is 23.6 Å². The number of hydrogen-bond donors (Lipinski definition) is 1. The molecule has 19 heavy (non-hydrogen) atoms. The number of fused-ring (bicyclic) bond motifs is 2. The molecule has 1 heterocycles. The van der Waals surface area contributed by atoms with Gasteiger partial charge in [0.2, 0.25) is 0 Å². The maximum absolute atomic E-state index is 12.4. The summed E-state index contributed by atoms with van der Waals surface area (Å²) in [4.78, 5) is 1.10. The topological polar surface area (TPSA) is 29.1 Å². The average molecular weight is 277 g/mol. The van der Waals surface area contributed by atoms with E-state index in [0.29, 0.717) is 12.0 Å². The lowest BCUT2D eigenvalue weighted by molar-refractivity contribution is 0.402. The van der Waals surface area contributed by atoms with Crippen molar-refractivity contribution in [3.8, 4) is 0 Å². The van der Waals surface area contributed by atoms with Crippen molar-refractivity contribution < 1.29 is 4.21 Å². The van der Waals surface area contributed by atoms with Gasteiger partial charge in [0.25, 0.3) is 0 Å². The van der Waals surface area contributed by atoms with Gasteiger partial charge in [-0.25, -0.2) is 0 Å². The van der Waals surface area contributed by atoms with Gasteiger partial charge in [0.05, 0.1) is 10.8 Å². The zero-order valence-electron chi connectivity index (χ0n) is 11.9. The molecule has 104 valence electrons. The van der Waals surface area contributed by atoms with Crippen molar-refractivity contribution in [2.75, 3.05) is 12.3 Å². The Bertz CT molecular complexity index is 512. The zero-order valence-corrected chi connectivity index (χ0v) is 12.7. The number of nitrogens with one attached hydrogen (secondary N) is 1. The zero-order chi connectivity index (χ0) is 13.4. The van der Waals surface area contributed by atoms with Crippen LogP contribution in [0, 0.1) is 5.92 Å². The van der Waals surface area contributed by atoms with Crippen LogP contribution >= 0.6 is 0 Å². The highest BCUT2D eigenvalue weighted by Gasteiger charge is 2.31. The van der Waals surface area contributed by atoms with Crippen molar-refractivity contribution >= 4 is 10.8 Å². The average Bonchev–Trinajstić information content (AvgIpc) is 2.84. The Labute approximate surface area is 118 Å². The van der Waals surface area contributed by atoms with Crippen LogP contribution in [0.3, 0.4) is 0 Å². The summed E-state index contributed by atoms with van der Waals surface area (Å²) in [6.07, 6.45) is 4.77. The van der Waals surface area contributed by atoms with Crippen molar-refractivity contribution in [1.29, 1.82) is 0 Å². The molecule has 3 heteroatoms. The van der Waals surface area contributed by atoms with Gasteiger partial charge in [0, 0.05) is 16.7 Å². The highest BCUT2D eigenvalue weighted by atomic mass is 32.2. The highest BCUT2D eigenvalue weighted by Crippen LogP contribution is 2.37. The van der Waals surface area contributed by atoms with E-state index >= 15 is 0 Å². The Hall–Kier alpha value is -0.670. The SMILES string of the molecule is CCCNC1c2cc3c(cc2S(=O)CC1C)CCC3. The van der Waals surface area contributed by atoms with Gasteiger partial charge in [-0.1, -0.05) is 19.9 Å². The molecule has 3 atom stereocenters. The second kappa shape index (κ2) is 5.37. The third-order valence-corrected chi connectivity index (χ3v) is 6.07. The lowest BCUT2D eigenvalue weighted by Gasteiger charge is -2.32. The molecule has 2 nitrogen and oxygen atoms in total. The molecule has 1 N–H and O–H groups in total. The van der Waals surface area contributed by atoms with Gasteiger partial charge < -0.3 is 5.32 Å². The summed E-state index contributed by atoms with van der Waals surface area (Å²) < 4.78 is 12.4. The molecule has 2 aliphatic rings. The molecule has 1 aliphatic carbocycles. The monoisotopic (exact) mass is 277 g/mol. The van der Waals surface area contributed by atoms with Crippen LogP contribution in [0.1, 0.15) is 49.4 Å². The molecule has 1 aromatic carbocycles. The van der Waals surface area contributed by atoms with Crippen LogP contribution < -0.4 is 5.32 Å². The van der Waals surface area contributed by atoms with E-state index in [2.05, 4.69) is 31.3 Å². The van der Waals surface area contributed by atoms with Crippen LogP contribution in [0.4, 0.5) is 0 Å². The van der Waals surface area contributed by atoms with E-state index in [4.69, 9.17) is 0 Å². The van der Waals surface area contributed by atoms with Gasteiger partial charge >= 0.3 is 0 Å². The lowest BCUT2D eigenvalue weighted by Crippen LogP contribution is -2.35. The minimum atomic E-state index is -0.804. The number of rotatable bonds is 3. The van der Waals surface area contributed by atoms with E-state index in [-0.39, 0.29) is 0 Å². The van der Waals surface area contributed by atoms with E-state index in [9.17, 15) is 4.21 Å². The number of aryl methyl sites for hydroxylation is 2. The van der Waals surface area contributed by atoms with Crippen molar-refractivity contribution in [2.24, 2.45) is 5.92 Å². The first-order chi connectivity index (χ1) is 9.20. The highest BCUT2D eigenvalue weighted by molar-refractivity contribution is 7.85. The molecule has 0 saturated heterocycles. The summed E-state index contributed by atoms with van der Waals surface area (Å²) in [5, 5.41) is 3.65. The van der Waals surface area contributed by atoms with Gasteiger partial charge in [-0.2, -0.15) is 0 Å². The number of benzene rings is 1. The molecular formula is C16H23NOS. The van der Waals surface area contributed by atoms with Crippen molar-refractivity contribution in [3.05, 3.63) is 28.8 Å². The first-order valence-electron chi connectivity index (χ1n) is 7.48. The fourth-order valence-electron chi connectivity index (χ4n) is 3.40. The molecule has 0 aromatic heterocycles. The quantitative estimate of drug-likeness (QED) is 0.920. The summed E-state index contributed by atoms with van der Waals surface area (Å²) in [5.74, 6) is 1.26. The summed E-state index contributed by atoms with van der Waals surface area (Å²) in [7, 11) is -0.804. The molecule has 0 amide bonds. The van der Waals surface area contributed by atoms with Gasteiger partial charge in [-0.05, 0) is 60.9 Å². The van der Waals surface area contributed by atoms with Gasteiger partial charge in [0.1, 0.15) is 0 Å². The molecular weight excluding hydrogens is 254 g/mol. The Balaban J connectivity index is 2.02. The summed E-state index contributed by atoms with van der Waals surface area (Å²) in [6, 6.07) is 4.97. The summed E-state index contributed by atoms with van der Waals surface area (Å²) >= 11 is 0. The van der Waals surface area contributed by atoms with E-state index in [1.807, 2.05) is 0 Å². The minimum absolute atomic E-state index is 0.388. The van der Waals surface area contributed by atoms with Gasteiger partial charge in [-0.3, -0.25) is 4.21 Å². The fraction of sp³-hybridized carbons (Fsp3) is 0.625. The summed E-state index contributed by atoms with van der Waals surface area (Å²) in [5.41, 5.74) is 4.25. The first-order valence-corrected chi connectivity index (χ1v) is 8.80. The van der Waals surface area contributed by atoms with E-state index in [1.165, 1.54) is 36.0 Å². The molecule has 1 aromatic rings. The second-order valence-electron chi connectivity index (χ2n) is 5.93. The normalized spacial score (nSPS) is 29.1. The molecule has 0 bridgehead atoms. The smallest absolute Gasteiger partial charge is 0.0536 e. The Morgan fingerprint density at radius 3 is 2.79 bits per heavy atom. The van der Waals surface area contributed by atoms with Crippen LogP contribution in [0.2, 0.25) is 0 Å². The van der Waals surface area contributed by atoms with E-state index in [1.54, 1.807) is 0 Å². The fourth-order valence-corrected chi connectivity index (χ4v) is 4.98. The maximum atomic E-state index is 12.4. The second-order valence-corrected chi connectivity index (χ2v) is 7.40. The number of hydrogen-bond acceptors (Lipinski definition) is 2. The van der Waals surface area contributed by atoms with Crippen LogP contribution in [0.15, 0.2) is 17.0 Å². The van der Waals surface area contributed by atoms with Crippen LogP contribution in [-0.4, -0.2) is 16.5 Å². The predicted octanol–water partition coefficient (Wildman–Crippen LogP) is 2.97. The van der Waals surface area contributed by atoms with Gasteiger partial charge in [-0.15, -0.1) is 0 Å². The molecule has 3 unspecified atom stereocenters. The Morgan fingerprint density at radius 1 is 1.32 bits per heavy atom. The first kappa shape index (κ1) is 13.3. The molecule has 0 saturated carbocycles. The third kappa shape index (κ3) is 2.38. The Morgan fingerprint density at radius 2 is 2.05 bits per heavy atom. The van der Waals surface area contributed by atoms with Gasteiger partial charge in [0.15, 0.2) is 0 Å². The predicted molar refractivity (Wildman–Crippen MR) is 79.9 cm³/mol. The molecule has 0 radical (unpaired) electrons. The maximum Gasteiger partial charge on any atom is 0.0536 e. The van der Waals surface area contributed by atoms with Crippen molar-refractivity contribution in [2.45, 2.75) is 50.5 Å². The van der Waals surface area contributed by atoms with Crippen molar-refractivity contribution in [1.82, 2.24) is 5.32 Å². The van der Waals surface area contributed by atoms with Crippen LogP contribution in [-0.2, 0) is 23.6 Å². The minimum Gasteiger partial charge on any atom is -0.310 e. The molecule has 1 aliphatic heterocycles. The third-order valence-electron chi connectivity index (χ3n) is 4.40. The standard InChI is InChI=1S/C16H23NOS/c1-3-7-17-16-11(2)10-19(18)15-9-13-6-4-5-12(13)8-14(15)16/h8-9,11,16-17H,3-7,10H2,1-2H3. The van der Waals surface area contributed by atoms with Crippen LogP contribution in [0.25, 0.3) is 0 Å². The molecule has 3 rings (SSSR count). The molecule has 0 fully saturated rings. The Kier molecular flexibility index (Phi) is 3.77. The largest absolute Gasteiger partial charge is 0.310 e. The van der Waals surface area contributed by atoms with Crippen LogP contribution in [0.5, 0.6) is 0 Å². The summed E-state index contributed by atoms with van der Waals surface area (Å²) in [6.45, 7) is 5.46. The lowest BCUT2D eigenvalue weighted by atomic mass is 9.92. The molecule has 0 spiro atoms. The van der Waals surface area contributed by atoms with Crippen molar-refractivity contribution in [3.63, 3.8) is 0 Å². The van der Waals surface area contributed by atoms with E-state index < -0.39 is 10.8 Å².